The third-order valence-electron chi connectivity index (χ3n) is 6.39. The average molecular weight is 537 g/mol. The van der Waals surface area contributed by atoms with Gasteiger partial charge in [0.25, 0.3) is 0 Å². The molecule has 0 radical (unpaired) electrons. The summed E-state index contributed by atoms with van der Waals surface area (Å²) in [5, 5.41) is 53.4. The molecule has 2 N–H and O–H groups in total. The van der Waals surface area contributed by atoms with Gasteiger partial charge in [0.15, 0.2) is 11.6 Å². The molecule has 202 valence electrons. The van der Waals surface area contributed by atoms with Crippen molar-refractivity contribution in [1.29, 1.82) is 0 Å². The second-order valence-corrected chi connectivity index (χ2v) is 9.28. The lowest BCUT2D eigenvalue weighted by atomic mass is 9.82. The number of aryl methyl sites for hydroxylation is 3. The summed E-state index contributed by atoms with van der Waals surface area (Å²) in [6.45, 7) is 5.63. The number of hydrogen-bond donors (Lipinski definition) is 2. The summed E-state index contributed by atoms with van der Waals surface area (Å²) in [4.78, 5) is 2.64. The highest BCUT2D eigenvalue weighted by atomic mass is 16.3. The minimum atomic E-state index is -0.497. The number of aromatic nitrogens is 8. The molecule has 0 spiro atoms. The SMILES string of the molecule is CCCc1cccc(C(c2cc(C=Nn3nnnc3C)ccc2O)c2cc(C=Nn3nnnc3C)ccc2O)c1. The highest BCUT2D eigenvalue weighted by Gasteiger charge is 2.24. The first-order valence-corrected chi connectivity index (χ1v) is 12.8. The number of hydrogen-bond acceptors (Lipinski definition) is 10. The molecule has 0 unspecified atom stereocenters. The molecule has 0 fully saturated rings. The Kier molecular flexibility index (Phi) is 7.67. The van der Waals surface area contributed by atoms with Crippen molar-refractivity contribution in [2.45, 2.75) is 39.5 Å². The fourth-order valence-electron chi connectivity index (χ4n) is 4.42. The largest absolute Gasteiger partial charge is 0.508 e. The molecule has 12 heteroatoms. The second-order valence-electron chi connectivity index (χ2n) is 9.28. The molecule has 5 aromatic rings. The van der Waals surface area contributed by atoms with Crippen molar-refractivity contribution in [3.05, 3.63) is 106 Å². The lowest BCUT2D eigenvalue weighted by Crippen LogP contribution is -2.07. The molecular weight excluding hydrogens is 508 g/mol. The summed E-state index contributed by atoms with van der Waals surface area (Å²) >= 11 is 0. The van der Waals surface area contributed by atoms with Crippen molar-refractivity contribution in [2.75, 3.05) is 0 Å². The van der Waals surface area contributed by atoms with E-state index in [1.165, 1.54) is 15.1 Å². The maximum absolute atomic E-state index is 11.1. The molecule has 3 aromatic carbocycles. The third-order valence-corrected chi connectivity index (χ3v) is 6.39. The van der Waals surface area contributed by atoms with E-state index in [4.69, 9.17) is 0 Å². The van der Waals surface area contributed by atoms with Gasteiger partial charge in [-0.2, -0.15) is 10.2 Å². The van der Waals surface area contributed by atoms with E-state index in [-0.39, 0.29) is 11.5 Å². The molecular formula is C28H28N10O2. The molecule has 2 aromatic heterocycles. The second kappa shape index (κ2) is 11.6. The summed E-state index contributed by atoms with van der Waals surface area (Å²) in [6.07, 6.45) is 5.15. The first-order valence-electron chi connectivity index (χ1n) is 12.8. The van der Waals surface area contributed by atoms with E-state index in [2.05, 4.69) is 60.3 Å². The quantitative estimate of drug-likeness (QED) is 0.214. The van der Waals surface area contributed by atoms with Crippen molar-refractivity contribution in [1.82, 2.24) is 40.6 Å². The van der Waals surface area contributed by atoms with Crippen LogP contribution in [0.2, 0.25) is 0 Å². The highest BCUT2D eigenvalue weighted by molar-refractivity contribution is 5.82. The third kappa shape index (κ3) is 5.75. The molecule has 0 aliphatic heterocycles. The number of aromatic hydroxyl groups is 2. The van der Waals surface area contributed by atoms with Crippen LogP contribution in [-0.4, -0.2) is 63.3 Å². The normalized spacial score (nSPS) is 12.5. The van der Waals surface area contributed by atoms with E-state index in [1.54, 1.807) is 50.5 Å². The van der Waals surface area contributed by atoms with Gasteiger partial charge in [-0.25, -0.2) is 0 Å². The van der Waals surface area contributed by atoms with E-state index in [9.17, 15) is 10.2 Å². The van der Waals surface area contributed by atoms with Gasteiger partial charge in [-0.3, -0.25) is 0 Å². The first kappa shape index (κ1) is 26.4. The molecule has 0 saturated carbocycles. The predicted molar refractivity (Wildman–Crippen MR) is 149 cm³/mol. The van der Waals surface area contributed by atoms with E-state index in [0.29, 0.717) is 22.8 Å². The van der Waals surface area contributed by atoms with Gasteiger partial charge in [-0.15, -0.1) is 19.8 Å². The molecule has 0 saturated heterocycles. The Labute approximate surface area is 230 Å². The molecule has 12 nitrogen and oxygen atoms in total. The molecule has 0 atom stereocenters. The number of phenolic OH excluding ortho intramolecular Hbond substituents is 2. The Balaban J connectivity index is 1.62. The molecule has 0 amide bonds. The zero-order valence-corrected chi connectivity index (χ0v) is 22.3. The van der Waals surface area contributed by atoms with Crippen molar-refractivity contribution < 1.29 is 10.2 Å². The van der Waals surface area contributed by atoms with Crippen molar-refractivity contribution in [3.63, 3.8) is 0 Å². The van der Waals surface area contributed by atoms with Crippen LogP contribution in [0.5, 0.6) is 11.5 Å². The number of rotatable bonds is 9. The van der Waals surface area contributed by atoms with Gasteiger partial charge in [-0.1, -0.05) is 37.6 Å². The Morgan fingerprint density at radius 2 is 1.32 bits per heavy atom. The Morgan fingerprint density at radius 3 is 1.80 bits per heavy atom. The lowest BCUT2D eigenvalue weighted by molar-refractivity contribution is 0.458. The van der Waals surface area contributed by atoms with Gasteiger partial charge in [0.05, 0.1) is 12.4 Å². The topological polar surface area (TPSA) is 152 Å². The Morgan fingerprint density at radius 1 is 0.775 bits per heavy atom. The molecule has 0 aliphatic rings. The van der Waals surface area contributed by atoms with Crippen LogP contribution in [-0.2, 0) is 6.42 Å². The number of phenols is 2. The zero-order chi connectivity index (χ0) is 28.1. The van der Waals surface area contributed by atoms with Gasteiger partial charge < -0.3 is 10.2 Å². The summed E-state index contributed by atoms with van der Waals surface area (Å²) in [7, 11) is 0. The van der Waals surface area contributed by atoms with Gasteiger partial charge >= 0.3 is 0 Å². The highest BCUT2D eigenvalue weighted by Crippen LogP contribution is 2.41. The number of nitrogens with zero attached hydrogens (tertiary/aromatic N) is 10. The molecule has 5 rings (SSSR count). The van der Waals surface area contributed by atoms with E-state index in [1.807, 2.05) is 24.3 Å². The zero-order valence-electron chi connectivity index (χ0n) is 22.3. The average Bonchev–Trinajstić information content (AvgIpc) is 3.56. The predicted octanol–water partition coefficient (Wildman–Crippen LogP) is 3.58. The number of tetrazole rings is 2. The summed E-state index contributed by atoms with van der Waals surface area (Å²) in [6, 6.07) is 18.6. The lowest BCUT2D eigenvalue weighted by Gasteiger charge is -2.22. The monoisotopic (exact) mass is 536 g/mol. The van der Waals surface area contributed by atoms with Crippen molar-refractivity contribution >= 4 is 12.4 Å². The molecule has 2 heterocycles. The molecule has 0 aliphatic carbocycles. The van der Waals surface area contributed by atoms with Crippen LogP contribution in [0.25, 0.3) is 0 Å². The van der Waals surface area contributed by atoms with E-state index >= 15 is 0 Å². The van der Waals surface area contributed by atoms with Crippen LogP contribution in [0.3, 0.4) is 0 Å². The minimum Gasteiger partial charge on any atom is -0.508 e. The maximum Gasteiger partial charge on any atom is 0.173 e. The van der Waals surface area contributed by atoms with E-state index in [0.717, 1.165) is 29.5 Å². The summed E-state index contributed by atoms with van der Waals surface area (Å²) in [5.41, 5.74) is 4.75. The fraction of sp³-hybridized carbons (Fsp3) is 0.214. The molecule has 40 heavy (non-hydrogen) atoms. The smallest absolute Gasteiger partial charge is 0.173 e. The summed E-state index contributed by atoms with van der Waals surface area (Å²) in [5.74, 6) is 0.763. The van der Waals surface area contributed by atoms with Crippen LogP contribution in [0.1, 0.15) is 64.3 Å². The maximum atomic E-state index is 11.1. The van der Waals surface area contributed by atoms with Crippen LogP contribution in [0, 0.1) is 13.8 Å². The first-order chi connectivity index (χ1) is 19.4. The standard InChI is InChI=1S/C28H28N10O2/c1-4-6-20-7-5-8-23(13-20)28(24-14-21(9-11-26(24)39)16-29-37-18(2)31-33-35-37)25-15-22(10-12-27(25)40)17-30-38-19(3)32-34-36-38/h5,7-17,28,39-40H,4,6H2,1-3H3. The van der Waals surface area contributed by atoms with Gasteiger partial charge in [0, 0.05) is 17.0 Å². The van der Waals surface area contributed by atoms with Gasteiger partial charge in [-0.05, 0) is 99.8 Å². The fourth-order valence-corrected chi connectivity index (χ4v) is 4.42. The van der Waals surface area contributed by atoms with E-state index < -0.39 is 5.92 Å². The van der Waals surface area contributed by atoms with Crippen LogP contribution in [0.15, 0.2) is 70.9 Å². The Hall–Kier alpha value is -5.26. The van der Waals surface area contributed by atoms with Crippen LogP contribution < -0.4 is 0 Å². The minimum absolute atomic E-state index is 0.0874. The number of benzene rings is 3. The van der Waals surface area contributed by atoms with Crippen LogP contribution >= 0.6 is 0 Å². The Bertz CT molecular complexity index is 1590. The van der Waals surface area contributed by atoms with Crippen LogP contribution in [0.4, 0.5) is 0 Å². The van der Waals surface area contributed by atoms with Crippen molar-refractivity contribution in [2.24, 2.45) is 10.2 Å². The van der Waals surface area contributed by atoms with Gasteiger partial charge in [0.2, 0.25) is 0 Å². The van der Waals surface area contributed by atoms with Gasteiger partial charge in [0.1, 0.15) is 11.5 Å². The summed E-state index contributed by atoms with van der Waals surface area (Å²) < 4.78 is 0. The van der Waals surface area contributed by atoms with Crippen molar-refractivity contribution in [3.8, 4) is 11.5 Å². The molecule has 0 bridgehead atoms.